The lowest BCUT2D eigenvalue weighted by atomic mass is 10.1. The number of anilines is 1. The molecule has 0 saturated carbocycles. The van der Waals surface area contributed by atoms with Crippen molar-refractivity contribution in [1.29, 1.82) is 0 Å². The number of carbonyl (C=O) groups is 2. The van der Waals surface area contributed by atoms with Crippen LogP contribution in [-0.4, -0.2) is 66.8 Å². The van der Waals surface area contributed by atoms with Crippen LogP contribution in [0.1, 0.15) is 28.7 Å². The highest BCUT2D eigenvalue weighted by Gasteiger charge is 2.25. The van der Waals surface area contributed by atoms with Gasteiger partial charge in [0, 0.05) is 23.5 Å². The number of benzene rings is 3. The van der Waals surface area contributed by atoms with E-state index in [1.54, 1.807) is 12.1 Å². The van der Waals surface area contributed by atoms with E-state index in [4.69, 9.17) is 18.9 Å². The Morgan fingerprint density at radius 3 is 2.35 bits per heavy atom. The Morgan fingerprint density at radius 2 is 1.67 bits per heavy atom. The summed E-state index contributed by atoms with van der Waals surface area (Å²) in [6.07, 6.45) is 0.838. The first-order valence-corrected chi connectivity index (χ1v) is 14.7. The van der Waals surface area contributed by atoms with Crippen molar-refractivity contribution in [1.82, 2.24) is 20.1 Å². The average molecular weight is 604 g/mol. The van der Waals surface area contributed by atoms with Gasteiger partial charge in [0.15, 0.2) is 22.5 Å². The number of amides is 2. The minimum absolute atomic E-state index is 0.00607. The number of carbonyl (C=O) groups excluding carboxylic acids is 2. The topological polar surface area (TPSA) is 117 Å². The Morgan fingerprint density at radius 1 is 0.953 bits per heavy atom. The maximum atomic E-state index is 13.2. The molecule has 0 bridgehead atoms. The number of nitrogens with one attached hydrogen (secondary N) is 1. The second-order valence-corrected chi connectivity index (χ2v) is 10.4. The number of fused-ring (bicyclic) bond motifs is 1. The van der Waals surface area contributed by atoms with Crippen molar-refractivity contribution in [2.24, 2.45) is 0 Å². The molecule has 0 unspecified atom stereocenters. The summed E-state index contributed by atoms with van der Waals surface area (Å²) in [6, 6.07) is 18.6. The van der Waals surface area contributed by atoms with Gasteiger partial charge in [-0.2, -0.15) is 0 Å². The summed E-state index contributed by atoms with van der Waals surface area (Å²) in [4.78, 5) is 28.2. The van der Waals surface area contributed by atoms with Gasteiger partial charge in [-0.25, -0.2) is 0 Å². The molecule has 11 nitrogen and oxygen atoms in total. The number of thioether (sulfide) groups is 1. The molecule has 4 aromatic rings. The number of hydrogen-bond acceptors (Lipinski definition) is 9. The molecule has 0 aliphatic carbocycles. The van der Waals surface area contributed by atoms with Crippen LogP contribution in [0, 0.1) is 0 Å². The van der Waals surface area contributed by atoms with E-state index in [2.05, 4.69) is 21.6 Å². The maximum Gasteiger partial charge on any atom is 0.251 e. The number of rotatable bonds is 12. The molecule has 0 radical (unpaired) electrons. The zero-order valence-corrected chi connectivity index (χ0v) is 25.3. The molecule has 43 heavy (non-hydrogen) atoms. The minimum atomic E-state index is -0.363. The van der Waals surface area contributed by atoms with E-state index >= 15 is 0 Å². The monoisotopic (exact) mass is 603 g/mol. The molecule has 1 aromatic heterocycles. The lowest BCUT2D eigenvalue weighted by Crippen LogP contribution is -2.30. The van der Waals surface area contributed by atoms with Gasteiger partial charge in [0.05, 0.1) is 40.2 Å². The third kappa shape index (κ3) is 6.38. The SMILES string of the molecule is CCOc1ccc(-n2c(CNC(=O)c3cc(OC)c(OC)c(OC)c3)nnc2SCC(=O)N2CCc3ccccc32)cc1. The zero-order chi connectivity index (χ0) is 30.3. The van der Waals surface area contributed by atoms with E-state index in [1.165, 1.54) is 38.7 Å². The fraction of sp³-hybridized carbons (Fsp3) is 0.290. The Balaban J connectivity index is 1.37. The van der Waals surface area contributed by atoms with Gasteiger partial charge in [0.1, 0.15) is 5.75 Å². The van der Waals surface area contributed by atoms with Crippen LogP contribution in [-0.2, 0) is 17.8 Å². The summed E-state index contributed by atoms with van der Waals surface area (Å²) >= 11 is 1.30. The molecule has 0 atom stereocenters. The van der Waals surface area contributed by atoms with E-state index in [9.17, 15) is 9.59 Å². The van der Waals surface area contributed by atoms with Crippen molar-refractivity contribution >= 4 is 29.3 Å². The first-order valence-electron chi connectivity index (χ1n) is 13.7. The summed E-state index contributed by atoms with van der Waals surface area (Å²) in [7, 11) is 4.48. The van der Waals surface area contributed by atoms with Crippen LogP contribution in [0.25, 0.3) is 5.69 Å². The van der Waals surface area contributed by atoms with Gasteiger partial charge in [0.25, 0.3) is 5.91 Å². The Bertz CT molecular complexity index is 1580. The molecule has 12 heteroatoms. The number of methoxy groups -OCH3 is 3. The van der Waals surface area contributed by atoms with E-state index < -0.39 is 0 Å². The number of hydrogen-bond donors (Lipinski definition) is 1. The van der Waals surface area contributed by atoms with Crippen molar-refractivity contribution in [3.8, 4) is 28.7 Å². The van der Waals surface area contributed by atoms with E-state index in [0.717, 1.165) is 23.5 Å². The highest BCUT2D eigenvalue weighted by atomic mass is 32.2. The first kappa shape index (κ1) is 29.8. The van der Waals surface area contributed by atoms with Crippen LogP contribution < -0.4 is 29.2 Å². The fourth-order valence-electron chi connectivity index (χ4n) is 4.90. The summed E-state index contributed by atoms with van der Waals surface area (Å²) in [6.45, 7) is 3.20. The van der Waals surface area contributed by atoms with Gasteiger partial charge in [-0.1, -0.05) is 30.0 Å². The summed E-state index contributed by atoms with van der Waals surface area (Å²) in [5.41, 5.74) is 3.22. The molecule has 0 spiro atoms. The van der Waals surface area contributed by atoms with Crippen LogP contribution >= 0.6 is 11.8 Å². The number of para-hydroxylation sites is 1. The number of nitrogens with zero attached hydrogens (tertiary/aromatic N) is 4. The predicted molar refractivity (Wildman–Crippen MR) is 163 cm³/mol. The lowest BCUT2D eigenvalue weighted by molar-refractivity contribution is -0.116. The van der Waals surface area contributed by atoms with Gasteiger partial charge >= 0.3 is 0 Å². The van der Waals surface area contributed by atoms with E-state index in [1.807, 2.05) is 58.9 Å². The molecule has 0 saturated heterocycles. The Kier molecular flexibility index (Phi) is 9.35. The second-order valence-electron chi connectivity index (χ2n) is 9.47. The molecule has 2 amide bonds. The summed E-state index contributed by atoms with van der Waals surface area (Å²) in [5, 5.41) is 12.2. The second kappa shape index (κ2) is 13.5. The highest BCUT2D eigenvalue weighted by molar-refractivity contribution is 7.99. The van der Waals surface area contributed by atoms with E-state index in [0.29, 0.717) is 46.9 Å². The van der Waals surface area contributed by atoms with Gasteiger partial charge in [-0.05, 0) is 61.4 Å². The fourth-order valence-corrected chi connectivity index (χ4v) is 5.75. The van der Waals surface area contributed by atoms with Crippen LogP contribution in [0.3, 0.4) is 0 Å². The average Bonchev–Trinajstić information content (AvgIpc) is 3.66. The smallest absolute Gasteiger partial charge is 0.251 e. The van der Waals surface area contributed by atoms with Crippen molar-refractivity contribution in [2.45, 2.75) is 25.0 Å². The standard InChI is InChI=1S/C31H33N5O6S/c1-5-42-23-12-10-22(11-13-23)36-27(18-32-30(38)21-16-25(39-2)29(41-4)26(17-21)40-3)33-34-31(36)43-19-28(37)35-15-14-20-8-6-7-9-24(20)35/h6-13,16-17H,5,14-15,18-19H2,1-4H3,(H,32,38). The molecule has 3 aromatic carbocycles. The molecular formula is C31H33N5O6S. The summed E-state index contributed by atoms with van der Waals surface area (Å²) < 4.78 is 23.6. The van der Waals surface area contributed by atoms with Crippen molar-refractivity contribution in [3.05, 3.63) is 77.6 Å². The molecule has 224 valence electrons. The highest BCUT2D eigenvalue weighted by Crippen LogP contribution is 2.38. The number of aromatic nitrogens is 3. The third-order valence-corrected chi connectivity index (χ3v) is 7.87. The van der Waals surface area contributed by atoms with Crippen LogP contribution in [0.15, 0.2) is 65.8 Å². The Hall–Kier alpha value is -4.71. The van der Waals surface area contributed by atoms with Crippen molar-refractivity contribution < 1.29 is 28.5 Å². The normalized spacial score (nSPS) is 12.0. The van der Waals surface area contributed by atoms with Gasteiger partial charge < -0.3 is 29.2 Å². The molecule has 1 N–H and O–H groups in total. The maximum absolute atomic E-state index is 13.2. The predicted octanol–water partition coefficient (Wildman–Crippen LogP) is 4.30. The molecule has 0 fully saturated rings. The zero-order valence-electron chi connectivity index (χ0n) is 24.5. The molecule has 2 heterocycles. The van der Waals surface area contributed by atoms with Crippen LogP contribution in [0.4, 0.5) is 5.69 Å². The van der Waals surface area contributed by atoms with Gasteiger partial charge in [-0.15, -0.1) is 10.2 Å². The minimum Gasteiger partial charge on any atom is -0.494 e. The third-order valence-electron chi connectivity index (χ3n) is 6.95. The molecule has 1 aliphatic heterocycles. The molecule has 5 rings (SSSR count). The quantitative estimate of drug-likeness (QED) is 0.237. The molecular weight excluding hydrogens is 570 g/mol. The van der Waals surface area contributed by atoms with E-state index in [-0.39, 0.29) is 24.1 Å². The first-order chi connectivity index (χ1) is 21.0. The van der Waals surface area contributed by atoms with Crippen molar-refractivity contribution in [3.63, 3.8) is 0 Å². The van der Waals surface area contributed by atoms with Gasteiger partial charge in [0.2, 0.25) is 11.7 Å². The molecule has 1 aliphatic rings. The van der Waals surface area contributed by atoms with Crippen LogP contribution in [0.5, 0.6) is 23.0 Å². The lowest BCUT2D eigenvalue weighted by Gasteiger charge is -2.17. The summed E-state index contributed by atoms with van der Waals surface area (Å²) in [5.74, 6) is 2.17. The Labute approximate surface area is 254 Å². The number of ether oxygens (including phenoxy) is 4. The largest absolute Gasteiger partial charge is 0.494 e. The van der Waals surface area contributed by atoms with Crippen LogP contribution in [0.2, 0.25) is 0 Å². The van der Waals surface area contributed by atoms with Crippen molar-refractivity contribution in [2.75, 3.05) is 45.1 Å². The van der Waals surface area contributed by atoms with Gasteiger partial charge in [-0.3, -0.25) is 14.2 Å².